The monoisotopic (exact) mass is 389 g/mol. The highest BCUT2D eigenvalue weighted by molar-refractivity contribution is 7.15. The van der Waals surface area contributed by atoms with Gasteiger partial charge >= 0.3 is 0 Å². The van der Waals surface area contributed by atoms with Crippen LogP contribution in [0.1, 0.15) is 27.9 Å². The molecular weight excluding hydrogens is 372 g/mol. The van der Waals surface area contributed by atoms with Gasteiger partial charge in [-0.3, -0.25) is 10.1 Å². The van der Waals surface area contributed by atoms with E-state index in [-0.39, 0.29) is 10.7 Å². The van der Waals surface area contributed by atoms with Gasteiger partial charge in [-0.1, -0.05) is 30.4 Å². The van der Waals surface area contributed by atoms with Crippen LogP contribution in [0.3, 0.4) is 0 Å². The van der Waals surface area contributed by atoms with Crippen LogP contribution in [0.2, 0.25) is 0 Å². The van der Waals surface area contributed by atoms with Crippen LogP contribution in [0.4, 0.5) is 13.9 Å². The zero-order valence-corrected chi connectivity index (χ0v) is 15.4. The fraction of sp³-hybridized carbons (Fsp3) is 0.211. The maximum absolute atomic E-state index is 13.6. The van der Waals surface area contributed by atoms with Crippen molar-refractivity contribution in [1.82, 2.24) is 10.2 Å². The molecule has 0 spiro atoms. The van der Waals surface area contributed by atoms with Gasteiger partial charge < -0.3 is 4.74 Å². The first kappa shape index (κ1) is 18.9. The predicted molar refractivity (Wildman–Crippen MR) is 99.2 cm³/mol. The molecule has 0 saturated heterocycles. The van der Waals surface area contributed by atoms with Crippen molar-refractivity contribution in [2.45, 2.75) is 19.8 Å². The van der Waals surface area contributed by atoms with Crippen LogP contribution in [-0.4, -0.2) is 22.7 Å². The standard InChI is InChI=1S/C19H17F2N3O2S/c1-2-12-3-6-14(7-4-12)26-10-9-17-23-24-19(27-17)22-18(25)15-11-13(20)5-8-16(15)21/h3-8,11H,2,9-10H2,1H3,(H,22,24,25). The normalized spacial score (nSPS) is 10.6. The minimum atomic E-state index is -0.805. The maximum atomic E-state index is 13.6. The van der Waals surface area contributed by atoms with E-state index in [1.165, 1.54) is 5.56 Å². The van der Waals surface area contributed by atoms with Crippen molar-refractivity contribution in [3.05, 3.63) is 70.2 Å². The zero-order chi connectivity index (χ0) is 19.2. The van der Waals surface area contributed by atoms with Gasteiger partial charge in [0, 0.05) is 6.42 Å². The maximum Gasteiger partial charge on any atom is 0.260 e. The van der Waals surface area contributed by atoms with Crippen LogP contribution in [0.5, 0.6) is 5.75 Å². The minimum absolute atomic E-state index is 0.214. The summed E-state index contributed by atoms with van der Waals surface area (Å²) in [6.45, 7) is 2.50. The number of hydrogen-bond acceptors (Lipinski definition) is 5. The molecule has 0 aliphatic heterocycles. The highest BCUT2D eigenvalue weighted by Crippen LogP contribution is 2.19. The number of amides is 1. The van der Waals surface area contributed by atoms with Gasteiger partial charge in [-0.15, -0.1) is 10.2 Å². The fourth-order valence-electron chi connectivity index (χ4n) is 2.32. The quantitative estimate of drug-likeness (QED) is 0.656. The summed E-state index contributed by atoms with van der Waals surface area (Å²) in [5, 5.41) is 11.1. The molecule has 0 radical (unpaired) electrons. The van der Waals surface area contributed by atoms with Gasteiger partial charge in [0.15, 0.2) is 0 Å². The summed E-state index contributed by atoms with van der Waals surface area (Å²) in [6.07, 6.45) is 1.48. The van der Waals surface area contributed by atoms with E-state index in [1.54, 1.807) is 0 Å². The Morgan fingerprint density at radius 3 is 2.67 bits per heavy atom. The number of halogens is 2. The summed E-state index contributed by atoms with van der Waals surface area (Å²) in [6, 6.07) is 10.5. The summed E-state index contributed by atoms with van der Waals surface area (Å²) in [4.78, 5) is 12.0. The van der Waals surface area contributed by atoms with Crippen LogP contribution in [-0.2, 0) is 12.8 Å². The smallest absolute Gasteiger partial charge is 0.260 e. The minimum Gasteiger partial charge on any atom is -0.493 e. The van der Waals surface area contributed by atoms with Gasteiger partial charge in [0.05, 0.1) is 12.2 Å². The van der Waals surface area contributed by atoms with Crippen molar-refractivity contribution < 1.29 is 18.3 Å². The van der Waals surface area contributed by atoms with Crippen LogP contribution in [0.25, 0.3) is 0 Å². The molecule has 0 fully saturated rings. The van der Waals surface area contributed by atoms with Gasteiger partial charge in [0.1, 0.15) is 22.4 Å². The third-order valence-corrected chi connectivity index (χ3v) is 4.68. The van der Waals surface area contributed by atoms with E-state index in [2.05, 4.69) is 22.4 Å². The van der Waals surface area contributed by atoms with Crippen LogP contribution >= 0.6 is 11.3 Å². The summed E-state index contributed by atoms with van der Waals surface area (Å²) >= 11 is 1.16. The number of aromatic nitrogens is 2. The number of anilines is 1. The Labute approximate surface area is 159 Å². The van der Waals surface area contributed by atoms with Gasteiger partial charge in [-0.2, -0.15) is 0 Å². The van der Waals surface area contributed by atoms with E-state index >= 15 is 0 Å². The summed E-state index contributed by atoms with van der Waals surface area (Å²) in [5.41, 5.74) is 0.854. The second-order valence-electron chi connectivity index (χ2n) is 5.68. The Bertz CT molecular complexity index is 929. The molecule has 1 amide bonds. The van der Waals surface area contributed by atoms with Crippen molar-refractivity contribution in [1.29, 1.82) is 0 Å². The van der Waals surface area contributed by atoms with E-state index in [4.69, 9.17) is 4.74 Å². The molecule has 0 aliphatic rings. The lowest BCUT2D eigenvalue weighted by molar-refractivity contribution is 0.102. The number of rotatable bonds is 7. The number of benzene rings is 2. The fourth-order valence-corrected chi connectivity index (χ4v) is 3.03. The number of ether oxygens (including phenoxy) is 1. The van der Waals surface area contributed by atoms with Crippen molar-refractivity contribution in [2.75, 3.05) is 11.9 Å². The van der Waals surface area contributed by atoms with Gasteiger partial charge in [0.2, 0.25) is 5.13 Å². The summed E-state index contributed by atoms with van der Waals surface area (Å²) < 4.78 is 32.5. The number of nitrogens with zero attached hydrogens (tertiary/aromatic N) is 2. The Kier molecular flexibility index (Phi) is 6.08. The average molecular weight is 389 g/mol. The molecule has 1 aromatic heterocycles. The largest absolute Gasteiger partial charge is 0.493 e. The second-order valence-corrected chi connectivity index (χ2v) is 6.74. The lowest BCUT2D eigenvalue weighted by Gasteiger charge is -2.05. The summed E-state index contributed by atoms with van der Waals surface area (Å²) in [5.74, 6) is -1.50. The molecule has 0 saturated carbocycles. The first-order valence-corrected chi connectivity index (χ1v) is 9.17. The van der Waals surface area contributed by atoms with Crippen molar-refractivity contribution in [3.63, 3.8) is 0 Å². The average Bonchev–Trinajstić information content (AvgIpc) is 3.11. The molecule has 0 aliphatic carbocycles. The molecule has 8 heteroatoms. The highest BCUT2D eigenvalue weighted by atomic mass is 32.1. The lowest BCUT2D eigenvalue weighted by Crippen LogP contribution is -2.14. The van der Waals surface area contributed by atoms with Crippen molar-refractivity contribution >= 4 is 22.4 Å². The van der Waals surface area contributed by atoms with Gasteiger partial charge in [-0.05, 0) is 42.3 Å². The first-order chi connectivity index (χ1) is 13.0. The Hall–Kier alpha value is -2.87. The third-order valence-electron chi connectivity index (χ3n) is 3.78. The predicted octanol–water partition coefficient (Wildman–Crippen LogP) is 4.25. The molecule has 5 nitrogen and oxygen atoms in total. The zero-order valence-electron chi connectivity index (χ0n) is 14.5. The van der Waals surface area contributed by atoms with E-state index in [0.717, 1.165) is 41.7 Å². The molecule has 1 heterocycles. The number of carbonyl (C=O) groups excluding carboxylic acids is 1. The van der Waals surface area contributed by atoms with Crippen LogP contribution in [0, 0.1) is 11.6 Å². The lowest BCUT2D eigenvalue weighted by atomic mass is 10.2. The molecule has 0 unspecified atom stereocenters. The molecule has 3 aromatic rings. The third kappa shape index (κ3) is 5.07. The Morgan fingerprint density at radius 1 is 1.15 bits per heavy atom. The van der Waals surface area contributed by atoms with E-state index in [1.807, 2.05) is 24.3 Å². The van der Waals surface area contributed by atoms with Crippen LogP contribution in [0.15, 0.2) is 42.5 Å². The number of aryl methyl sites for hydroxylation is 1. The number of nitrogens with one attached hydrogen (secondary N) is 1. The molecule has 27 heavy (non-hydrogen) atoms. The Balaban J connectivity index is 1.53. The van der Waals surface area contributed by atoms with E-state index < -0.39 is 17.5 Å². The Morgan fingerprint density at radius 2 is 1.93 bits per heavy atom. The van der Waals surface area contributed by atoms with E-state index in [9.17, 15) is 13.6 Å². The highest BCUT2D eigenvalue weighted by Gasteiger charge is 2.15. The first-order valence-electron chi connectivity index (χ1n) is 8.35. The van der Waals surface area contributed by atoms with Crippen molar-refractivity contribution in [2.24, 2.45) is 0 Å². The van der Waals surface area contributed by atoms with E-state index in [0.29, 0.717) is 18.0 Å². The molecule has 0 bridgehead atoms. The van der Waals surface area contributed by atoms with Crippen LogP contribution < -0.4 is 10.1 Å². The van der Waals surface area contributed by atoms with Gasteiger partial charge in [-0.25, -0.2) is 8.78 Å². The SMILES string of the molecule is CCc1ccc(OCCc2nnc(NC(=O)c3cc(F)ccc3F)s2)cc1. The number of carbonyl (C=O) groups is 1. The molecular formula is C19H17F2N3O2S. The van der Waals surface area contributed by atoms with Crippen molar-refractivity contribution in [3.8, 4) is 5.75 Å². The summed E-state index contributed by atoms with van der Waals surface area (Å²) in [7, 11) is 0. The number of hydrogen-bond donors (Lipinski definition) is 1. The molecule has 1 N–H and O–H groups in total. The molecule has 140 valence electrons. The molecule has 0 atom stereocenters. The molecule has 3 rings (SSSR count). The topological polar surface area (TPSA) is 64.1 Å². The van der Waals surface area contributed by atoms with Gasteiger partial charge in [0.25, 0.3) is 5.91 Å². The second kappa shape index (κ2) is 8.68. The molecule has 2 aromatic carbocycles.